The van der Waals surface area contributed by atoms with Crippen LogP contribution in [0.4, 0.5) is 0 Å². The van der Waals surface area contributed by atoms with E-state index in [1.807, 2.05) is 30.3 Å². The Labute approximate surface area is 151 Å². The molecule has 6 heteroatoms. The Bertz CT molecular complexity index is 790. The third-order valence-electron chi connectivity index (χ3n) is 5.38. The van der Waals surface area contributed by atoms with Gasteiger partial charge in [-0.1, -0.05) is 24.3 Å². The number of carbonyl (C=O) groups is 2. The maximum absolute atomic E-state index is 12.8. The molecule has 1 aromatic heterocycles. The maximum Gasteiger partial charge on any atom is 0.225 e. The molecule has 1 aromatic carbocycles. The van der Waals surface area contributed by atoms with Gasteiger partial charge in [0.15, 0.2) is 0 Å². The summed E-state index contributed by atoms with van der Waals surface area (Å²) in [6, 6.07) is 11.6. The molecule has 1 fully saturated rings. The third kappa shape index (κ3) is 3.12. The van der Waals surface area contributed by atoms with Crippen LogP contribution in [0.3, 0.4) is 0 Å². The summed E-state index contributed by atoms with van der Waals surface area (Å²) in [6.45, 7) is 0.635. The first-order chi connectivity index (χ1) is 12.6. The molecule has 2 heterocycles. The summed E-state index contributed by atoms with van der Waals surface area (Å²) in [5.74, 6) is 0.0959. The monoisotopic (exact) mass is 354 g/mol. The molecule has 2 aliphatic rings. The Balaban J connectivity index is 1.41. The lowest BCUT2D eigenvalue weighted by molar-refractivity contribution is -0.130. The van der Waals surface area contributed by atoms with Gasteiger partial charge in [0, 0.05) is 13.0 Å². The summed E-state index contributed by atoms with van der Waals surface area (Å²) >= 11 is 0. The quantitative estimate of drug-likeness (QED) is 0.847. The predicted molar refractivity (Wildman–Crippen MR) is 94.0 cm³/mol. The number of nitrogens with zero attached hydrogens (tertiary/aromatic N) is 1. The van der Waals surface area contributed by atoms with Crippen LogP contribution in [-0.2, 0) is 29.0 Å². The van der Waals surface area contributed by atoms with E-state index in [1.54, 1.807) is 17.2 Å². The number of hydrogen-bond donors (Lipinski definition) is 2. The van der Waals surface area contributed by atoms with E-state index < -0.39 is 11.5 Å². The number of benzene rings is 1. The lowest BCUT2D eigenvalue weighted by Gasteiger charge is -2.29. The summed E-state index contributed by atoms with van der Waals surface area (Å²) in [7, 11) is 0. The van der Waals surface area contributed by atoms with E-state index >= 15 is 0 Å². The van der Waals surface area contributed by atoms with Gasteiger partial charge in [0.1, 0.15) is 5.76 Å². The van der Waals surface area contributed by atoms with Crippen LogP contribution in [0.25, 0.3) is 0 Å². The number of aliphatic hydroxyl groups is 1. The first-order valence-electron chi connectivity index (χ1n) is 8.88. The second-order valence-electron chi connectivity index (χ2n) is 7.30. The van der Waals surface area contributed by atoms with E-state index in [-0.39, 0.29) is 24.8 Å². The number of rotatable bonds is 5. The van der Waals surface area contributed by atoms with Gasteiger partial charge in [0.25, 0.3) is 0 Å². The van der Waals surface area contributed by atoms with E-state index in [4.69, 9.17) is 4.42 Å². The molecule has 26 heavy (non-hydrogen) atoms. The second-order valence-corrected chi connectivity index (χ2v) is 7.30. The molecule has 1 unspecified atom stereocenters. The van der Waals surface area contributed by atoms with Gasteiger partial charge in [0.2, 0.25) is 11.8 Å². The van der Waals surface area contributed by atoms with Crippen molar-refractivity contribution in [2.24, 2.45) is 5.92 Å². The molecule has 0 radical (unpaired) electrons. The smallest absolute Gasteiger partial charge is 0.225 e. The zero-order valence-corrected chi connectivity index (χ0v) is 14.5. The molecule has 2 aromatic rings. The van der Waals surface area contributed by atoms with E-state index in [9.17, 15) is 14.7 Å². The number of carbonyl (C=O) groups excluding carboxylic acids is 2. The highest BCUT2D eigenvalue weighted by Crippen LogP contribution is 2.31. The molecule has 0 bridgehead atoms. The number of hydrogen-bond acceptors (Lipinski definition) is 4. The Morgan fingerprint density at radius 1 is 1.23 bits per heavy atom. The molecule has 136 valence electrons. The largest absolute Gasteiger partial charge is 0.467 e. The van der Waals surface area contributed by atoms with Crippen LogP contribution in [0.5, 0.6) is 0 Å². The number of fused-ring (bicyclic) bond motifs is 1. The molecule has 1 aliphatic heterocycles. The molecule has 0 spiro atoms. The van der Waals surface area contributed by atoms with Crippen LogP contribution in [0.15, 0.2) is 47.1 Å². The average molecular weight is 354 g/mol. The molecule has 1 atom stereocenters. The molecule has 6 nitrogen and oxygen atoms in total. The summed E-state index contributed by atoms with van der Waals surface area (Å²) in [6.07, 6.45) is 2.99. The normalized spacial score (nSPS) is 21.0. The van der Waals surface area contributed by atoms with Gasteiger partial charge in [-0.05, 0) is 36.1 Å². The van der Waals surface area contributed by atoms with Crippen molar-refractivity contribution in [1.29, 1.82) is 0 Å². The van der Waals surface area contributed by atoms with Crippen LogP contribution < -0.4 is 5.32 Å². The van der Waals surface area contributed by atoms with E-state index in [1.165, 1.54) is 0 Å². The van der Waals surface area contributed by atoms with Crippen molar-refractivity contribution >= 4 is 11.8 Å². The average Bonchev–Trinajstić information content (AvgIpc) is 3.34. The first-order valence-corrected chi connectivity index (χ1v) is 8.88. The van der Waals surface area contributed by atoms with Crippen molar-refractivity contribution in [2.45, 2.75) is 31.3 Å². The minimum Gasteiger partial charge on any atom is -0.467 e. The maximum atomic E-state index is 12.8. The van der Waals surface area contributed by atoms with Gasteiger partial charge in [0.05, 0.1) is 30.9 Å². The third-order valence-corrected chi connectivity index (χ3v) is 5.38. The van der Waals surface area contributed by atoms with Crippen LogP contribution in [0.1, 0.15) is 23.3 Å². The summed E-state index contributed by atoms with van der Waals surface area (Å²) in [5, 5.41) is 13.0. The molecular weight excluding hydrogens is 332 g/mol. The highest BCUT2D eigenvalue weighted by Gasteiger charge is 2.41. The first kappa shape index (κ1) is 16.8. The van der Waals surface area contributed by atoms with Gasteiger partial charge >= 0.3 is 0 Å². The lowest BCUT2D eigenvalue weighted by atomic mass is 9.95. The van der Waals surface area contributed by atoms with Crippen LogP contribution in [0, 0.1) is 5.92 Å². The predicted octanol–water partition coefficient (Wildman–Crippen LogP) is 1.27. The fourth-order valence-corrected chi connectivity index (χ4v) is 3.99. The second kappa shape index (κ2) is 6.61. The zero-order chi connectivity index (χ0) is 18.1. The van der Waals surface area contributed by atoms with Gasteiger partial charge in [-0.2, -0.15) is 0 Å². The number of likely N-dealkylation sites (tertiary alicyclic amines) is 1. The van der Waals surface area contributed by atoms with Crippen LogP contribution in [0.2, 0.25) is 0 Å². The molecule has 1 saturated heterocycles. The van der Waals surface area contributed by atoms with Gasteiger partial charge in [-0.3, -0.25) is 9.59 Å². The Kier molecular flexibility index (Phi) is 4.28. The SMILES string of the molecule is O=C(NC1(CO)Cc2ccccc2C1)C1CC(=O)N(Cc2ccco2)C1. The zero-order valence-electron chi connectivity index (χ0n) is 14.5. The van der Waals surface area contributed by atoms with Gasteiger partial charge in [-0.15, -0.1) is 0 Å². The number of nitrogens with one attached hydrogen (secondary N) is 1. The van der Waals surface area contributed by atoms with Crippen molar-refractivity contribution in [2.75, 3.05) is 13.2 Å². The highest BCUT2D eigenvalue weighted by molar-refractivity contribution is 5.89. The van der Waals surface area contributed by atoms with Gasteiger partial charge in [-0.25, -0.2) is 0 Å². The fraction of sp³-hybridized carbons (Fsp3) is 0.400. The minimum atomic E-state index is -0.668. The molecule has 2 amide bonds. The Hall–Kier alpha value is -2.60. The van der Waals surface area contributed by atoms with Crippen LogP contribution in [-0.4, -0.2) is 40.5 Å². The lowest BCUT2D eigenvalue weighted by Crippen LogP contribution is -2.54. The van der Waals surface area contributed by atoms with E-state index in [0.717, 1.165) is 11.1 Å². The van der Waals surface area contributed by atoms with Crippen molar-refractivity contribution < 1.29 is 19.1 Å². The highest BCUT2D eigenvalue weighted by atomic mass is 16.3. The fourth-order valence-electron chi connectivity index (χ4n) is 3.99. The molecule has 4 rings (SSSR count). The molecular formula is C20H22N2O4. The summed E-state index contributed by atoms with van der Waals surface area (Å²) in [5.41, 5.74) is 1.64. The Morgan fingerprint density at radius 3 is 2.58 bits per heavy atom. The number of furan rings is 1. The molecule has 0 saturated carbocycles. The topological polar surface area (TPSA) is 82.8 Å². The summed E-state index contributed by atoms with van der Waals surface area (Å²) in [4.78, 5) is 26.7. The van der Waals surface area contributed by atoms with Gasteiger partial charge < -0.3 is 19.7 Å². The number of amides is 2. The van der Waals surface area contributed by atoms with Crippen molar-refractivity contribution in [3.8, 4) is 0 Å². The van der Waals surface area contributed by atoms with E-state index in [2.05, 4.69) is 5.32 Å². The van der Waals surface area contributed by atoms with E-state index in [0.29, 0.717) is 31.7 Å². The van der Waals surface area contributed by atoms with Crippen LogP contribution >= 0.6 is 0 Å². The standard InChI is InChI=1S/C20H22N2O4/c23-13-20(9-14-4-1-2-5-15(14)10-20)21-19(25)16-8-18(24)22(11-16)12-17-6-3-7-26-17/h1-7,16,23H,8-13H2,(H,21,25). The number of aliphatic hydroxyl groups excluding tert-OH is 1. The molecule has 1 aliphatic carbocycles. The van der Waals surface area contributed by atoms with Crippen molar-refractivity contribution in [1.82, 2.24) is 10.2 Å². The van der Waals surface area contributed by atoms with Crippen molar-refractivity contribution in [3.63, 3.8) is 0 Å². The van der Waals surface area contributed by atoms with Crippen molar-refractivity contribution in [3.05, 3.63) is 59.5 Å². The Morgan fingerprint density at radius 2 is 1.96 bits per heavy atom. The summed E-state index contributed by atoms with van der Waals surface area (Å²) < 4.78 is 5.29. The molecule has 2 N–H and O–H groups in total. The minimum absolute atomic E-state index is 0.0469.